The van der Waals surface area contributed by atoms with Gasteiger partial charge in [-0.2, -0.15) is 0 Å². The lowest BCUT2D eigenvalue weighted by Crippen LogP contribution is -2.51. The van der Waals surface area contributed by atoms with Crippen molar-refractivity contribution in [2.75, 3.05) is 18.5 Å². The number of benzene rings is 1. The molecule has 0 aliphatic carbocycles. The number of morpholine rings is 1. The standard InChI is InChI=1S/C17H26N2O3/c1-5-13(3)22-16-8-6-7-15(9-16)18-17(20)19-10-14(4)21-11-12(19)2/h6-9,12-14H,5,10-11H2,1-4H3,(H,18,20)/t12-,13-,14+/m0/s1. The van der Waals surface area contributed by atoms with Gasteiger partial charge in [-0.1, -0.05) is 13.0 Å². The first-order valence-corrected chi connectivity index (χ1v) is 7.95. The monoisotopic (exact) mass is 306 g/mol. The summed E-state index contributed by atoms with van der Waals surface area (Å²) in [5.74, 6) is 0.774. The van der Waals surface area contributed by atoms with Crippen molar-refractivity contribution in [1.82, 2.24) is 4.90 Å². The molecule has 1 aliphatic heterocycles. The van der Waals surface area contributed by atoms with E-state index < -0.39 is 0 Å². The van der Waals surface area contributed by atoms with Crippen molar-refractivity contribution in [3.05, 3.63) is 24.3 Å². The summed E-state index contributed by atoms with van der Waals surface area (Å²) < 4.78 is 11.3. The van der Waals surface area contributed by atoms with Crippen LogP contribution >= 0.6 is 0 Å². The maximum absolute atomic E-state index is 12.4. The average Bonchev–Trinajstić information content (AvgIpc) is 2.49. The number of nitrogens with zero attached hydrogens (tertiary/aromatic N) is 1. The number of nitrogens with one attached hydrogen (secondary N) is 1. The molecular weight excluding hydrogens is 280 g/mol. The molecule has 3 atom stereocenters. The van der Waals surface area contributed by atoms with Crippen molar-refractivity contribution in [2.45, 2.75) is 52.4 Å². The Bertz CT molecular complexity index is 506. The van der Waals surface area contributed by atoms with Crippen LogP contribution in [0.3, 0.4) is 0 Å². The lowest BCUT2D eigenvalue weighted by Gasteiger charge is -2.36. The van der Waals surface area contributed by atoms with E-state index in [1.54, 1.807) is 0 Å². The van der Waals surface area contributed by atoms with E-state index in [9.17, 15) is 4.79 Å². The third kappa shape index (κ3) is 4.37. The Kier molecular flexibility index (Phi) is 5.66. The number of urea groups is 1. The van der Waals surface area contributed by atoms with Crippen LogP contribution in [0.2, 0.25) is 0 Å². The van der Waals surface area contributed by atoms with E-state index in [0.717, 1.165) is 17.9 Å². The summed E-state index contributed by atoms with van der Waals surface area (Å²) in [7, 11) is 0. The highest BCUT2D eigenvalue weighted by atomic mass is 16.5. The van der Waals surface area contributed by atoms with Crippen LogP contribution in [-0.2, 0) is 4.74 Å². The first kappa shape index (κ1) is 16.6. The normalized spacial score (nSPS) is 23.0. The summed E-state index contributed by atoms with van der Waals surface area (Å²) >= 11 is 0. The minimum absolute atomic E-state index is 0.0713. The molecule has 5 heteroatoms. The molecule has 0 unspecified atom stereocenters. The van der Waals surface area contributed by atoms with Gasteiger partial charge in [0, 0.05) is 18.3 Å². The molecule has 1 aliphatic rings. The van der Waals surface area contributed by atoms with Crippen LogP contribution in [-0.4, -0.2) is 42.3 Å². The Labute approximate surface area is 132 Å². The number of anilines is 1. The predicted octanol–water partition coefficient (Wildman–Crippen LogP) is 3.51. The Morgan fingerprint density at radius 1 is 1.50 bits per heavy atom. The quantitative estimate of drug-likeness (QED) is 0.926. The van der Waals surface area contributed by atoms with Gasteiger partial charge in [0.15, 0.2) is 0 Å². The lowest BCUT2D eigenvalue weighted by molar-refractivity contribution is -0.0296. The van der Waals surface area contributed by atoms with E-state index in [0.29, 0.717) is 13.2 Å². The van der Waals surface area contributed by atoms with Gasteiger partial charge in [-0.25, -0.2) is 4.79 Å². The fraction of sp³-hybridized carbons (Fsp3) is 0.588. The van der Waals surface area contributed by atoms with Crippen molar-refractivity contribution in [3.8, 4) is 5.75 Å². The second-order valence-electron chi connectivity index (χ2n) is 5.94. The number of hydrogen-bond donors (Lipinski definition) is 1. The highest BCUT2D eigenvalue weighted by Gasteiger charge is 2.27. The molecule has 1 saturated heterocycles. The van der Waals surface area contributed by atoms with Crippen LogP contribution in [0, 0.1) is 0 Å². The van der Waals surface area contributed by atoms with Crippen molar-refractivity contribution in [2.24, 2.45) is 0 Å². The highest BCUT2D eigenvalue weighted by molar-refractivity contribution is 5.89. The molecule has 0 spiro atoms. The summed E-state index contributed by atoms with van der Waals surface area (Å²) in [6.07, 6.45) is 1.17. The van der Waals surface area contributed by atoms with Crippen molar-refractivity contribution >= 4 is 11.7 Å². The summed E-state index contributed by atoms with van der Waals surface area (Å²) in [5.41, 5.74) is 0.747. The molecule has 1 aromatic rings. The SMILES string of the molecule is CC[C@H](C)Oc1cccc(NC(=O)N2C[C@@H](C)OC[C@@H]2C)c1. The van der Waals surface area contributed by atoms with Crippen LogP contribution in [0.15, 0.2) is 24.3 Å². The highest BCUT2D eigenvalue weighted by Crippen LogP contribution is 2.20. The van der Waals surface area contributed by atoms with Gasteiger partial charge >= 0.3 is 6.03 Å². The van der Waals surface area contributed by atoms with Gasteiger partial charge in [0.2, 0.25) is 0 Å². The molecular formula is C17H26N2O3. The van der Waals surface area contributed by atoms with E-state index in [-0.39, 0.29) is 24.3 Å². The molecule has 22 heavy (non-hydrogen) atoms. The second kappa shape index (κ2) is 7.49. The Morgan fingerprint density at radius 3 is 3.00 bits per heavy atom. The third-order valence-corrected chi connectivity index (χ3v) is 3.87. The molecule has 1 fully saturated rings. The Balaban J connectivity index is 2.00. The molecule has 1 heterocycles. The van der Waals surface area contributed by atoms with Gasteiger partial charge in [0.05, 0.1) is 24.9 Å². The van der Waals surface area contributed by atoms with Crippen LogP contribution in [0.4, 0.5) is 10.5 Å². The molecule has 1 aromatic carbocycles. The zero-order valence-electron chi connectivity index (χ0n) is 13.8. The molecule has 2 rings (SSSR count). The van der Waals surface area contributed by atoms with E-state index in [1.165, 1.54) is 0 Å². The number of rotatable bonds is 4. The van der Waals surface area contributed by atoms with Gasteiger partial charge < -0.3 is 19.7 Å². The van der Waals surface area contributed by atoms with Crippen LogP contribution in [0.5, 0.6) is 5.75 Å². The topological polar surface area (TPSA) is 50.8 Å². The number of ether oxygens (including phenoxy) is 2. The van der Waals surface area contributed by atoms with Gasteiger partial charge in [-0.05, 0) is 39.3 Å². The molecule has 5 nitrogen and oxygen atoms in total. The maximum atomic E-state index is 12.4. The van der Waals surface area contributed by atoms with Crippen LogP contribution < -0.4 is 10.1 Å². The molecule has 0 bridgehead atoms. The van der Waals surface area contributed by atoms with E-state index in [4.69, 9.17) is 9.47 Å². The molecule has 0 aromatic heterocycles. The first-order valence-electron chi connectivity index (χ1n) is 7.95. The zero-order valence-corrected chi connectivity index (χ0v) is 13.8. The Morgan fingerprint density at radius 2 is 2.27 bits per heavy atom. The first-order chi connectivity index (χ1) is 10.5. The fourth-order valence-electron chi connectivity index (χ4n) is 2.34. The molecule has 0 radical (unpaired) electrons. The van der Waals surface area contributed by atoms with E-state index in [1.807, 2.05) is 49.9 Å². The molecule has 0 saturated carbocycles. The largest absolute Gasteiger partial charge is 0.491 e. The summed E-state index contributed by atoms with van der Waals surface area (Å²) in [6, 6.07) is 7.51. The molecule has 122 valence electrons. The third-order valence-electron chi connectivity index (χ3n) is 3.87. The number of hydrogen-bond acceptors (Lipinski definition) is 3. The summed E-state index contributed by atoms with van der Waals surface area (Å²) in [4.78, 5) is 14.2. The number of carbonyl (C=O) groups excluding carboxylic acids is 1. The summed E-state index contributed by atoms with van der Waals surface area (Å²) in [6.45, 7) is 9.27. The van der Waals surface area contributed by atoms with Crippen molar-refractivity contribution in [3.63, 3.8) is 0 Å². The lowest BCUT2D eigenvalue weighted by atomic mass is 10.2. The van der Waals surface area contributed by atoms with Gasteiger partial charge in [0.25, 0.3) is 0 Å². The predicted molar refractivity (Wildman–Crippen MR) is 87.4 cm³/mol. The van der Waals surface area contributed by atoms with Crippen LogP contribution in [0.1, 0.15) is 34.1 Å². The zero-order chi connectivity index (χ0) is 16.1. The number of amides is 2. The van der Waals surface area contributed by atoms with Crippen molar-refractivity contribution in [1.29, 1.82) is 0 Å². The minimum atomic E-state index is -0.0941. The Hall–Kier alpha value is -1.75. The van der Waals surface area contributed by atoms with Gasteiger partial charge in [-0.15, -0.1) is 0 Å². The van der Waals surface area contributed by atoms with Gasteiger partial charge in [0.1, 0.15) is 5.75 Å². The van der Waals surface area contributed by atoms with E-state index >= 15 is 0 Å². The van der Waals surface area contributed by atoms with Gasteiger partial charge in [-0.3, -0.25) is 0 Å². The second-order valence-corrected chi connectivity index (χ2v) is 5.94. The smallest absolute Gasteiger partial charge is 0.322 e. The van der Waals surface area contributed by atoms with Crippen LogP contribution in [0.25, 0.3) is 0 Å². The molecule has 2 amide bonds. The van der Waals surface area contributed by atoms with E-state index in [2.05, 4.69) is 12.2 Å². The summed E-state index contributed by atoms with van der Waals surface area (Å²) in [5, 5.41) is 2.95. The molecule has 1 N–H and O–H groups in total. The average molecular weight is 306 g/mol. The fourth-order valence-corrected chi connectivity index (χ4v) is 2.34. The number of carbonyl (C=O) groups is 1. The van der Waals surface area contributed by atoms with Crippen molar-refractivity contribution < 1.29 is 14.3 Å². The maximum Gasteiger partial charge on any atom is 0.322 e. The minimum Gasteiger partial charge on any atom is -0.491 e.